The average molecular weight is 159 g/mol. The van der Waals surface area contributed by atoms with Gasteiger partial charge in [-0.15, -0.1) is 0 Å². The second-order valence-corrected chi connectivity index (χ2v) is 2.24. The van der Waals surface area contributed by atoms with Gasteiger partial charge in [-0.3, -0.25) is 4.79 Å². The molecule has 0 aromatic heterocycles. The fraction of sp³-hybridized carbons (Fsp3) is 0.667. The zero-order valence-corrected chi connectivity index (χ0v) is 6.61. The van der Waals surface area contributed by atoms with Crippen molar-refractivity contribution in [2.24, 2.45) is 17.4 Å². The second kappa shape index (κ2) is 6.83. The molecule has 0 rings (SSSR count). The van der Waals surface area contributed by atoms with Crippen molar-refractivity contribution < 1.29 is 9.90 Å². The van der Waals surface area contributed by atoms with E-state index in [0.29, 0.717) is 0 Å². The molecular weight excluding hydrogens is 146 g/mol. The molecule has 0 saturated heterocycles. The Bertz CT molecular complexity index is 150. The van der Waals surface area contributed by atoms with Gasteiger partial charge in [0.1, 0.15) is 6.04 Å². The lowest BCUT2D eigenvalue weighted by molar-refractivity contribution is -0.139. The van der Waals surface area contributed by atoms with Gasteiger partial charge in [0.15, 0.2) is 6.19 Å². The van der Waals surface area contributed by atoms with Crippen molar-refractivity contribution >= 4 is 5.97 Å². The minimum absolute atomic E-state index is 0.0208. The molecule has 0 saturated carbocycles. The van der Waals surface area contributed by atoms with Crippen LogP contribution in [0.25, 0.3) is 0 Å². The quantitative estimate of drug-likeness (QED) is 0.370. The van der Waals surface area contributed by atoms with Crippen molar-refractivity contribution in [3.05, 3.63) is 0 Å². The molecule has 0 aromatic rings. The SMILES string of the molecule is CC(C)[C@H](N)C(=O)O.N#CN. The molecule has 0 heterocycles. The van der Waals surface area contributed by atoms with Gasteiger partial charge in [-0.25, -0.2) is 0 Å². The van der Waals surface area contributed by atoms with Gasteiger partial charge in [-0.1, -0.05) is 13.8 Å². The maximum absolute atomic E-state index is 10.0. The van der Waals surface area contributed by atoms with Crippen LogP contribution in [0.1, 0.15) is 13.8 Å². The van der Waals surface area contributed by atoms with E-state index < -0.39 is 12.0 Å². The number of nitrogens with zero attached hydrogens (tertiary/aromatic N) is 1. The van der Waals surface area contributed by atoms with Crippen molar-refractivity contribution in [1.82, 2.24) is 0 Å². The van der Waals surface area contributed by atoms with E-state index in [9.17, 15) is 4.79 Å². The van der Waals surface area contributed by atoms with Crippen molar-refractivity contribution in [2.45, 2.75) is 19.9 Å². The van der Waals surface area contributed by atoms with Crippen LogP contribution in [0.2, 0.25) is 0 Å². The van der Waals surface area contributed by atoms with Crippen LogP contribution in [0.4, 0.5) is 0 Å². The molecule has 0 amide bonds. The van der Waals surface area contributed by atoms with Gasteiger partial charge < -0.3 is 16.6 Å². The lowest BCUT2D eigenvalue weighted by Gasteiger charge is -2.07. The van der Waals surface area contributed by atoms with Gasteiger partial charge in [-0.05, 0) is 5.92 Å². The predicted octanol–water partition coefficient (Wildman–Crippen LogP) is -0.520. The van der Waals surface area contributed by atoms with Crippen LogP contribution in [0.15, 0.2) is 0 Å². The number of rotatable bonds is 2. The molecule has 0 radical (unpaired) electrons. The molecule has 0 aliphatic rings. The van der Waals surface area contributed by atoms with Crippen LogP contribution in [-0.2, 0) is 4.79 Å². The van der Waals surface area contributed by atoms with Crippen LogP contribution in [-0.4, -0.2) is 17.1 Å². The average Bonchev–Trinajstić information content (AvgIpc) is 1.87. The summed E-state index contributed by atoms with van der Waals surface area (Å²) in [5.74, 6) is -0.910. The number of carboxylic acids is 1. The molecule has 0 spiro atoms. The van der Waals surface area contributed by atoms with E-state index in [1.807, 2.05) is 0 Å². The molecule has 5 heteroatoms. The third-order valence-electron chi connectivity index (χ3n) is 1.00. The first-order valence-electron chi connectivity index (χ1n) is 3.05. The minimum Gasteiger partial charge on any atom is -0.480 e. The first-order valence-corrected chi connectivity index (χ1v) is 3.05. The summed E-state index contributed by atoms with van der Waals surface area (Å²) in [7, 11) is 0. The fourth-order valence-corrected chi connectivity index (χ4v) is 0.285. The molecule has 0 unspecified atom stereocenters. The van der Waals surface area contributed by atoms with Gasteiger partial charge in [0, 0.05) is 0 Å². The highest BCUT2D eigenvalue weighted by molar-refractivity contribution is 5.73. The number of carbonyl (C=O) groups is 1. The highest BCUT2D eigenvalue weighted by atomic mass is 16.4. The molecular formula is C6H13N3O2. The van der Waals surface area contributed by atoms with Gasteiger partial charge >= 0.3 is 5.97 Å². The lowest BCUT2D eigenvalue weighted by Crippen LogP contribution is -2.34. The summed E-state index contributed by atoms with van der Waals surface area (Å²) in [6.45, 7) is 3.55. The Kier molecular flexibility index (Phi) is 7.71. The van der Waals surface area contributed by atoms with Gasteiger partial charge in [0.25, 0.3) is 0 Å². The number of nitrogens with two attached hydrogens (primary N) is 2. The maximum atomic E-state index is 10.0. The molecule has 5 nitrogen and oxygen atoms in total. The molecule has 0 bridgehead atoms. The van der Waals surface area contributed by atoms with Crippen molar-refractivity contribution in [3.8, 4) is 6.19 Å². The molecule has 0 aliphatic heterocycles. The van der Waals surface area contributed by atoms with Crippen molar-refractivity contribution in [3.63, 3.8) is 0 Å². The van der Waals surface area contributed by atoms with Crippen LogP contribution in [0, 0.1) is 17.4 Å². The molecule has 11 heavy (non-hydrogen) atoms. The second-order valence-electron chi connectivity index (χ2n) is 2.24. The highest BCUT2D eigenvalue weighted by Gasteiger charge is 2.14. The maximum Gasteiger partial charge on any atom is 0.320 e. The van der Waals surface area contributed by atoms with E-state index in [1.165, 1.54) is 6.19 Å². The number of nitriles is 1. The first kappa shape index (κ1) is 12.4. The van der Waals surface area contributed by atoms with E-state index in [2.05, 4.69) is 5.73 Å². The zero-order valence-electron chi connectivity index (χ0n) is 6.61. The molecule has 0 aliphatic carbocycles. The molecule has 0 fully saturated rings. The van der Waals surface area contributed by atoms with Crippen LogP contribution >= 0.6 is 0 Å². The van der Waals surface area contributed by atoms with E-state index >= 15 is 0 Å². The van der Waals surface area contributed by atoms with Gasteiger partial charge in [0.05, 0.1) is 0 Å². The van der Waals surface area contributed by atoms with E-state index in [1.54, 1.807) is 13.8 Å². The summed E-state index contributed by atoms with van der Waals surface area (Å²) in [6, 6.07) is -0.713. The number of aliphatic carboxylic acids is 1. The third-order valence-corrected chi connectivity index (χ3v) is 1.00. The van der Waals surface area contributed by atoms with Gasteiger partial charge in [0.2, 0.25) is 0 Å². The Balaban J connectivity index is 0. The summed E-state index contributed by atoms with van der Waals surface area (Å²) in [6.07, 6.45) is 1.25. The topological polar surface area (TPSA) is 113 Å². The summed E-state index contributed by atoms with van der Waals surface area (Å²) in [4.78, 5) is 10.0. The van der Waals surface area contributed by atoms with E-state index in [0.717, 1.165) is 0 Å². The minimum atomic E-state index is -0.931. The fourth-order valence-electron chi connectivity index (χ4n) is 0.285. The Hall–Kier alpha value is -1.28. The summed E-state index contributed by atoms with van der Waals surface area (Å²) in [5, 5.41) is 15.3. The monoisotopic (exact) mass is 159 g/mol. The van der Waals surface area contributed by atoms with Crippen LogP contribution in [0.3, 0.4) is 0 Å². The number of carboxylic acid groups (broad SMARTS) is 1. The van der Waals surface area contributed by atoms with Crippen LogP contribution < -0.4 is 11.5 Å². The summed E-state index contributed by atoms with van der Waals surface area (Å²) in [5.41, 5.74) is 9.31. The lowest BCUT2D eigenvalue weighted by atomic mass is 10.1. The van der Waals surface area contributed by atoms with E-state index in [-0.39, 0.29) is 5.92 Å². The summed E-state index contributed by atoms with van der Waals surface area (Å²) >= 11 is 0. The third kappa shape index (κ3) is 8.72. The molecule has 1 atom stereocenters. The zero-order chi connectivity index (χ0) is 9.44. The number of hydrogen-bond acceptors (Lipinski definition) is 4. The Morgan fingerprint density at radius 3 is 1.91 bits per heavy atom. The molecule has 5 N–H and O–H groups in total. The largest absolute Gasteiger partial charge is 0.480 e. The van der Waals surface area contributed by atoms with Crippen molar-refractivity contribution in [2.75, 3.05) is 0 Å². The van der Waals surface area contributed by atoms with Gasteiger partial charge in [-0.2, -0.15) is 5.26 Å². The summed E-state index contributed by atoms with van der Waals surface area (Å²) < 4.78 is 0. The highest BCUT2D eigenvalue weighted by Crippen LogP contribution is 1.96. The normalized spacial score (nSPS) is 10.8. The molecule has 64 valence electrons. The van der Waals surface area contributed by atoms with Crippen LogP contribution in [0.5, 0.6) is 0 Å². The van der Waals surface area contributed by atoms with E-state index in [4.69, 9.17) is 16.1 Å². The van der Waals surface area contributed by atoms with Crippen molar-refractivity contribution in [1.29, 1.82) is 5.26 Å². The molecule has 0 aromatic carbocycles. The Morgan fingerprint density at radius 1 is 1.64 bits per heavy atom. The number of hydrogen-bond donors (Lipinski definition) is 3. The standard InChI is InChI=1S/C5H11NO2.CH2N2/c1-3(2)4(6)5(7)8;2-1-3/h3-4H,6H2,1-2H3,(H,7,8);2H2/t4-;/m0./s1. The Labute approximate surface area is 65.6 Å². The smallest absolute Gasteiger partial charge is 0.320 e. The predicted molar refractivity (Wildman–Crippen MR) is 40.2 cm³/mol. The Morgan fingerprint density at radius 2 is 1.91 bits per heavy atom. The first-order chi connectivity index (χ1) is 4.97.